The number of carbonyl (C=O) groups excluding carboxylic acids is 2. The van der Waals surface area contributed by atoms with Gasteiger partial charge < -0.3 is 15.2 Å². The summed E-state index contributed by atoms with van der Waals surface area (Å²) in [7, 11) is 1.48. The zero-order valence-corrected chi connectivity index (χ0v) is 15.7. The minimum absolute atomic E-state index is 0.00286. The molecule has 1 aromatic rings. The van der Waals surface area contributed by atoms with Gasteiger partial charge >= 0.3 is 6.09 Å². The maximum atomic E-state index is 14.6. The first kappa shape index (κ1) is 19.1. The lowest BCUT2D eigenvalue weighted by Gasteiger charge is -2.38. The van der Waals surface area contributed by atoms with E-state index in [1.54, 1.807) is 20.8 Å². The summed E-state index contributed by atoms with van der Waals surface area (Å²) in [5.41, 5.74) is 4.30. The number of nitrogens with zero attached hydrogens (tertiary/aromatic N) is 2. The second-order valence-corrected chi connectivity index (χ2v) is 7.69. The van der Waals surface area contributed by atoms with Crippen LogP contribution in [0.3, 0.4) is 0 Å². The highest BCUT2D eigenvalue weighted by atomic mass is 19.1. The molecule has 2 aliphatic heterocycles. The number of hydrogen-bond acceptors (Lipinski definition) is 6. The van der Waals surface area contributed by atoms with E-state index in [9.17, 15) is 14.0 Å². The van der Waals surface area contributed by atoms with E-state index < -0.39 is 29.0 Å². The number of ether oxygens (including phenoxy) is 2. The maximum absolute atomic E-state index is 14.6. The number of halogens is 1. The van der Waals surface area contributed by atoms with Crippen LogP contribution in [0.2, 0.25) is 0 Å². The van der Waals surface area contributed by atoms with Gasteiger partial charge in [-0.05, 0) is 39.0 Å². The zero-order valence-electron chi connectivity index (χ0n) is 15.7. The summed E-state index contributed by atoms with van der Waals surface area (Å²) in [5.74, 6) is -1.63. The Hall–Kier alpha value is -2.68. The number of alkyl carbamates (subject to hydrolysis) is 1. The molecule has 0 aromatic heterocycles. The van der Waals surface area contributed by atoms with E-state index >= 15 is 0 Å². The highest BCUT2D eigenvalue weighted by molar-refractivity contribution is 6.06. The Morgan fingerprint density at radius 3 is 2.85 bits per heavy atom. The summed E-state index contributed by atoms with van der Waals surface area (Å²) in [5, 5.41) is 2.48. The summed E-state index contributed by atoms with van der Waals surface area (Å²) in [6, 6.07) is 4.11. The minimum atomic E-state index is -1.30. The topological polar surface area (TPSA) is 106 Å². The molecule has 146 valence electrons. The van der Waals surface area contributed by atoms with E-state index in [0.29, 0.717) is 5.69 Å². The lowest BCUT2D eigenvalue weighted by Crippen LogP contribution is -2.57. The number of benzene rings is 1. The highest BCUT2D eigenvalue weighted by Gasteiger charge is 2.55. The van der Waals surface area contributed by atoms with Crippen LogP contribution >= 0.6 is 0 Å². The lowest BCUT2D eigenvalue weighted by molar-refractivity contribution is -0.133. The van der Waals surface area contributed by atoms with E-state index in [1.807, 2.05) is 0 Å². The van der Waals surface area contributed by atoms with Crippen molar-refractivity contribution in [3.05, 3.63) is 29.6 Å². The molecular formula is C18H23FN4O4. The number of aliphatic imine (C=N–C) groups is 1. The molecule has 0 radical (unpaired) electrons. The molecule has 0 aliphatic carbocycles. The van der Waals surface area contributed by atoms with Gasteiger partial charge in [-0.1, -0.05) is 0 Å². The number of anilines is 1. The van der Waals surface area contributed by atoms with Crippen LogP contribution in [0, 0.1) is 11.7 Å². The first-order valence-corrected chi connectivity index (χ1v) is 8.54. The van der Waals surface area contributed by atoms with Crippen LogP contribution in [0.25, 0.3) is 0 Å². The van der Waals surface area contributed by atoms with Gasteiger partial charge in [-0.3, -0.25) is 15.0 Å². The third kappa shape index (κ3) is 3.46. The SMILES string of the molecule is CN1C(=O)C2COCC2(c2cc(N)ccc2F)N=C1NC(=O)OC(C)(C)C. The van der Waals surface area contributed by atoms with Crippen molar-refractivity contribution in [2.45, 2.75) is 31.9 Å². The zero-order chi connectivity index (χ0) is 20.0. The summed E-state index contributed by atoms with van der Waals surface area (Å²) >= 11 is 0. The number of amides is 2. The predicted molar refractivity (Wildman–Crippen MR) is 96.4 cm³/mol. The Balaban J connectivity index is 2.05. The molecule has 1 fully saturated rings. The molecule has 3 rings (SSSR count). The van der Waals surface area contributed by atoms with Crippen molar-refractivity contribution < 1.29 is 23.5 Å². The number of hydrogen-bond donors (Lipinski definition) is 2. The van der Waals surface area contributed by atoms with Gasteiger partial charge in [0.1, 0.15) is 17.0 Å². The van der Waals surface area contributed by atoms with Gasteiger partial charge in [0.15, 0.2) is 0 Å². The van der Waals surface area contributed by atoms with Crippen LogP contribution in [0.1, 0.15) is 26.3 Å². The van der Waals surface area contributed by atoms with Crippen molar-refractivity contribution in [2.24, 2.45) is 10.9 Å². The standard InChI is InChI=1S/C18H23FN4O4/c1-17(2,3)27-16(25)21-15-22-18(11-7-10(20)5-6-13(11)19)9-26-8-12(18)14(24)23(15)4/h5-7,12H,8-9,20H2,1-4H3,(H,21,22,25). The van der Waals surface area contributed by atoms with Gasteiger partial charge in [0.2, 0.25) is 11.9 Å². The average molecular weight is 378 g/mol. The van der Waals surface area contributed by atoms with Gasteiger partial charge in [0.25, 0.3) is 0 Å². The summed E-state index contributed by atoms with van der Waals surface area (Å²) in [4.78, 5) is 30.8. The van der Waals surface area contributed by atoms with Crippen molar-refractivity contribution in [1.82, 2.24) is 10.2 Å². The average Bonchev–Trinajstić information content (AvgIpc) is 2.97. The largest absolute Gasteiger partial charge is 0.444 e. The number of guanidine groups is 1. The Morgan fingerprint density at radius 2 is 2.19 bits per heavy atom. The molecule has 1 aromatic carbocycles. The number of carbonyl (C=O) groups is 2. The molecule has 8 nitrogen and oxygen atoms in total. The summed E-state index contributed by atoms with van der Waals surface area (Å²) in [6.07, 6.45) is -0.763. The van der Waals surface area contributed by atoms with Crippen LogP contribution in [0.15, 0.2) is 23.2 Å². The number of nitrogens with two attached hydrogens (primary N) is 1. The normalized spacial score (nSPS) is 25.1. The van der Waals surface area contributed by atoms with Crippen molar-refractivity contribution in [1.29, 1.82) is 0 Å². The van der Waals surface area contributed by atoms with E-state index in [-0.39, 0.29) is 30.6 Å². The van der Waals surface area contributed by atoms with Crippen molar-refractivity contribution >= 4 is 23.6 Å². The number of rotatable bonds is 1. The Kier molecular flexibility index (Phi) is 4.59. The van der Waals surface area contributed by atoms with Gasteiger partial charge in [0.05, 0.1) is 19.1 Å². The van der Waals surface area contributed by atoms with Crippen molar-refractivity contribution in [3.63, 3.8) is 0 Å². The molecule has 2 atom stereocenters. The third-order valence-electron chi connectivity index (χ3n) is 4.50. The van der Waals surface area contributed by atoms with Gasteiger partial charge in [-0.25, -0.2) is 14.2 Å². The Bertz CT molecular complexity index is 820. The first-order chi connectivity index (χ1) is 12.5. The molecule has 1 saturated heterocycles. The van der Waals surface area contributed by atoms with Gasteiger partial charge in [-0.15, -0.1) is 0 Å². The molecule has 0 bridgehead atoms. The highest BCUT2D eigenvalue weighted by Crippen LogP contribution is 2.44. The van der Waals surface area contributed by atoms with Crippen LogP contribution in [0.5, 0.6) is 0 Å². The number of fused-ring (bicyclic) bond motifs is 1. The quantitative estimate of drug-likeness (QED) is 0.722. The van der Waals surface area contributed by atoms with Crippen molar-refractivity contribution in [3.8, 4) is 0 Å². The molecule has 2 amide bonds. The monoisotopic (exact) mass is 378 g/mol. The fourth-order valence-electron chi connectivity index (χ4n) is 3.27. The van der Waals surface area contributed by atoms with E-state index in [2.05, 4.69) is 10.3 Å². The molecular weight excluding hydrogens is 355 g/mol. The van der Waals surface area contributed by atoms with Crippen molar-refractivity contribution in [2.75, 3.05) is 26.0 Å². The van der Waals surface area contributed by atoms with Gasteiger partial charge in [0, 0.05) is 18.3 Å². The Morgan fingerprint density at radius 1 is 1.48 bits per heavy atom. The second kappa shape index (κ2) is 6.49. The molecule has 3 N–H and O–H groups in total. The second-order valence-electron chi connectivity index (χ2n) is 7.69. The first-order valence-electron chi connectivity index (χ1n) is 8.54. The van der Waals surface area contributed by atoms with Crippen LogP contribution in [-0.2, 0) is 19.8 Å². The van der Waals surface area contributed by atoms with Crippen LogP contribution in [-0.4, -0.2) is 48.7 Å². The van der Waals surface area contributed by atoms with E-state index in [4.69, 9.17) is 15.2 Å². The molecule has 2 unspecified atom stereocenters. The molecule has 0 spiro atoms. The van der Waals surface area contributed by atoms with E-state index in [1.165, 1.54) is 30.1 Å². The molecule has 2 heterocycles. The summed E-state index contributed by atoms with van der Waals surface area (Å²) < 4.78 is 25.3. The maximum Gasteiger partial charge on any atom is 0.414 e. The molecule has 9 heteroatoms. The van der Waals surface area contributed by atoms with Crippen LogP contribution in [0.4, 0.5) is 14.9 Å². The molecule has 27 heavy (non-hydrogen) atoms. The number of nitrogen functional groups attached to an aromatic ring is 1. The van der Waals surface area contributed by atoms with Gasteiger partial charge in [-0.2, -0.15) is 0 Å². The number of nitrogens with one attached hydrogen (secondary N) is 1. The fourth-order valence-corrected chi connectivity index (χ4v) is 3.27. The van der Waals surface area contributed by atoms with E-state index in [0.717, 1.165) is 0 Å². The molecule has 0 saturated carbocycles. The van der Waals surface area contributed by atoms with Crippen LogP contribution < -0.4 is 11.1 Å². The fraction of sp³-hybridized carbons (Fsp3) is 0.500. The predicted octanol–water partition coefficient (Wildman–Crippen LogP) is 1.60. The smallest absolute Gasteiger partial charge is 0.414 e. The lowest BCUT2D eigenvalue weighted by atomic mass is 9.79. The summed E-state index contributed by atoms with van der Waals surface area (Å²) in [6.45, 7) is 5.25. The molecule has 2 aliphatic rings. The minimum Gasteiger partial charge on any atom is -0.444 e. The third-order valence-corrected chi connectivity index (χ3v) is 4.50. The Labute approximate surface area is 156 Å².